The van der Waals surface area contributed by atoms with Gasteiger partial charge in [-0.1, -0.05) is 18.0 Å². The molecular formula is C20H28ClN3O6S. The normalized spacial score (nSPS) is 18.0. The lowest BCUT2D eigenvalue weighted by molar-refractivity contribution is -0.134. The largest absolute Gasteiger partial charge is 0.482 e. The van der Waals surface area contributed by atoms with E-state index in [0.29, 0.717) is 45.9 Å². The number of amides is 2. The van der Waals surface area contributed by atoms with Crippen molar-refractivity contribution in [3.8, 4) is 5.75 Å². The molecule has 0 bridgehead atoms. The molecule has 11 heteroatoms. The van der Waals surface area contributed by atoms with Crippen molar-refractivity contribution < 1.29 is 27.5 Å². The van der Waals surface area contributed by atoms with Crippen LogP contribution in [-0.4, -0.2) is 87.0 Å². The number of sulfonamides is 1. The van der Waals surface area contributed by atoms with Crippen LogP contribution < -0.4 is 4.74 Å². The minimum Gasteiger partial charge on any atom is -0.482 e. The summed E-state index contributed by atoms with van der Waals surface area (Å²) < 4.78 is 37.5. The Bertz CT molecular complexity index is 896. The minimum absolute atomic E-state index is 0.119. The maximum atomic E-state index is 12.8. The Morgan fingerprint density at radius 2 is 1.65 bits per heavy atom. The van der Waals surface area contributed by atoms with Crippen LogP contribution in [-0.2, 0) is 19.6 Å². The summed E-state index contributed by atoms with van der Waals surface area (Å²) in [5.41, 5.74) is 0. The third kappa shape index (κ3) is 5.81. The molecule has 31 heavy (non-hydrogen) atoms. The summed E-state index contributed by atoms with van der Waals surface area (Å²) in [6.07, 6.45) is 2.36. The van der Waals surface area contributed by atoms with Gasteiger partial charge in [-0.2, -0.15) is 4.31 Å². The van der Waals surface area contributed by atoms with Crippen molar-refractivity contribution in [2.45, 2.75) is 31.1 Å². The van der Waals surface area contributed by atoms with Crippen molar-refractivity contribution in [3.63, 3.8) is 0 Å². The van der Waals surface area contributed by atoms with Crippen molar-refractivity contribution in [2.75, 3.05) is 52.5 Å². The fourth-order valence-corrected chi connectivity index (χ4v) is 5.44. The monoisotopic (exact) mass is 473 g/mol. The van der Waals surface area contributed by atoms with E-state index in [2.05, 4.69) is 0 Å². The lowest BCUT2D eigenvalue weighted by Gasteiger charge is -2.34. The van der Waals surface area contributed by atoms with E-state index in [0.717, 1.165) is 19.3 Å². The number of piperidine rings is 1. The van der Waals surface area contributed by atoms with Gasteiger partial charge in [-0.25, -0.2) is 13.2 Å². The van der Waals surface area contributed by atoms with Gasteiger partial charge in [0.25, 0.3) is 5.91 Å². The van der Waals surface area contributed by atoms with Crippen LogP contribution in [0.3, 0.4) is 0 Å². The number of carbonyl (C=O) groups excluding carboxylic acids is 2. The average molecular weight is 474 g/mol. The summed E-state index contributed by atoms with van der Waals surface area (Å²) in [6.45, 7) is 4.43. The lowest BCUT2D eigenvalue weighted by atomic mass is 10.2. The molecule has 0 N–H and O–H groups in total. The number of ether oxygens (including phenoxy) is 2. The van der Waals surface area contributed by atoms with Gasteiger partial charge in [0.15, 0.2) is 6.61 Å². The highest BCUT2D eigenvalue weighted by atomic mass is 35.5. The Hall–Kier alpha value is -2.04. The maximum absolute atomic E-state index is 12.8. The first kappa shape index (κ1) is 23.6. The summed E-state index contributed by atoms with van der Waals surface area (Å²) >= 11 is 6.24. The molecule has 0 radical (unpaired) electrons. The number of halogens is 1. The SMILES string of the molecule is CCOC(=O)N1CCN(C(=O)COc2ccc(S(=O)(=O)N3CCCCC3)cc2Cl)CC1. The first-order chi connectivity index (χ1) is 14.8. The number of nitrogens with zero attached hydrogens (tertiary/aromatic N) is 3. The van der Waals surface area contributed by atoms with E-state index in [1.807, 2.05) is 0 Å². The van der Waals surface area contributed by atoms with Crippen LogP contribution in [0.25, 0.3) is 0 Å². The predicted molar refractivity (Wildman–Crippen MR) is 115 cm³/mol. The summed E-state index contributed by atoms with van der Waals surface area (Å²) in [5, 5.41) is 0.137. The van der Waals surface area contributed by atoms with Gasteiger partial charge in [-0.05, 0) is 38.0 Å². The van der Waals surface area contributed by atoms with Crippen LogP contribution in [0, 0.1) is 0 Å². The second-order valence-electron chi connectivity index (χ2n) is 7.41. The van der Waals surface area contributed by atoms with Crippen LogP contribution in [0.2, 0.25) is 5.02 Å². The molecule has 2 aliphatic heterocycles. The number of hydrogen-bond acceptors (Lipinski definition) is 6. The molecule has 2 heterocycles. The molecule has 2 fully saturated rings. The third-order valence-electron chi connectivity index (χ3n) is 5.37. The molecule has 9 nitrogen and oxygen atoms in total. The molecule has 172 valence electrons. The van der Waals surface area contributed by atoms with Gasteiger partial charge in [0.2, 0.25) is 10.0 Å². The fraction of sp³-hybridized carbons (Fsp3) is 0.600. The molecular weight excluding hydrogens is 446 g/mol. The summed E-state index contributed by atoms with van der Waals surface area (Å²) in [5.74, 6) is 0.0161. The second-order valence-corrected chi connectivity index (χ2v) is 9.76. The molecule has 2 saturated heterocycles. The van der Waals surface area contributed by atoms with Crippen LogP contribution in [0.4, 0.5) is 4.79 Å². The Balaban J connectivity index is 1.54. The fourth-order valence-electron chi connectivity index (χ4n) is 3.60. The second kappa shape index (κ2) is 10.5. The Morgan fingerprint density at radius 3 is 2.26 bits per heavy atom. The minimum atomic E-state index is -3.59. The highest BCUT2D eigenvalue weighted by molar-refractivity contribution is 7.89. The van der Waals surface area contributed by atoms with Gasteiger partial charge in [0, 0.05) is 39.3 Å². The van der Waals surface area contributed by atoms with E-state index in [1.165, 1.54) is 22.5 Å². The van der Waals surface area contributed by atoms with Crippen molar-refractivity contribution in [1.82, 2.24) is 14.1 Å². The Kier molecular flexibility index (Phi) is 8.01. The zero-order valence-electron chi connectivity index (χ0n) is 17.6. The van der Waals surface area contributed by atoms with Crippen LogP contribution in [0.5, 0.6) is 5.75 Å². The predicted octanol–water partition coefficient (Wildman–Crippen LogP) is 2.19. The van der Waals surface area contributed by atoms with Gasteiger partial charge in [0.05, 0.1) is 16.5 Å². The molecule has 2 amide bonds. The van der Waals surface area contributed by atoms with Crippen molar-refractivity contribution in [1.29, 1.82) is 0 Å². The van der Waals surface area contributed by atoms with Crippen LogP contribution >= 0.6 is 11.6 Å². The number of carbonyl (C=O) groups is 2. The topological polar surface area (TPSA) is 96.5 Å². The molecule has 0 atom stereocenters. The molecule has 2 aliphatic rings. The first-order valence-corrected chi connectivity index (χ1v) is 12.3. The number of hydrogen-bond donors (Lipinski definition) is 0. The Labute approximate surface area is 187 Å². The Morgan fingerprint density at radius 1 is 1.00 bits per heavy atom. The lowest BCUT2D eigenvalue weighted by Crippen LogP contribution is -2.51. The molecule has 0 saturated carbocycles. The molecule has 0 aliphatic carbocycles. The zero-order chi connectivity index (χ0) is 22.4. The highest BCUT2D eigenvalue weighted by Gasteiger charge is 2.27. The molecule has 3 rings (SSSR count). The van der Waals surface area contributed by atoms with Crippen LogP contribution in [0.1, 0.15) is 26.2 Å². The molecule has 0 unspecified atom stereocenters. The van der Waals surface area contributed by atoms with Crippen molar-refractivity contribution >= 4 is 33.6 Å². The van der Waals surface area contributed by atoms with E-state index < -0.39 is 10.0 Å². The molecule has 1 aromatic carbocycles. The summed E-state index contributed by atoms with van der Waals surface area (Å²) in [7, 11) is -3.59. The van der Waals surface area contributed by atoms with Gasteiger partial charge >= 0.3 is 6.09 Å². The van der Waals surface area contributed by atoms with Crippen molar-refractivity contribution in [2.24, 2.45) is 0 Å². The first-order valence-electron chi connectivity index (χ1n) is 10.4. The molecule has 1 aromatic rings. The van der Waals surface area contributed by atoms with E-state index in [1.54, 1.807) is 16.7 Å². The zero-order valence-corrected chi connectivity index (χ0v) is 19.2. The van der Waals surface area contributed by atoms with Crippen molar-refractivity contribution in [3.05, 3.63) is 23.2 Å². The number of rotatable bonds is 6. The quantitative estimate of drug-likeness (QED) is 0.628. The van der Waals surface area contributed by atoms with E-state index in [-0.39, 0.29) is 34.3 Å². The smallest absolute Gasteiger partial charge is 0.409 e. The highest BCUT2D eigenvalue weighted by Crippen LogP contribution is 2.29. The molecule has 0 aromatic heterocycles. The third-order valence-corrected chi connectivity index (χ3v) is 7.56. The van der Waals surface area contributed by atoms with Gasteiger partial charge in [-0.3, -0.25) is 4.79 Å². The average Bonchev–Trinajstić information content (AvgIpc) is 2.79. The van der Waals surface area contributed by atoms with E-state index >= 15 is 0 Å². The van der Waals surface area contributed by atoms with Gasteiger partial charge < -0.3 is 19.3 Å². The van der Waals surface area contributed by atoms with Gasteiger partial charge in [0.1, 0.15) is 5.75 Å². The molecule has 0 spiro atoms. The van der Waals surface area contributed by atoms with E-state index in [4.69, 9.17) is 21.1 Å². The summed E-state index contributed by atoms with van der Waals surface area (Å²) in [4.78, 5) is 27.5. The van der Waals surface area contributed by atoms with Gasteiger partial charge in [-0.15, -0.1) is 0 Å². The number of piperazine rings is 1. The number of benzene rings is 1. The van der Waals surface area contributed by atoms with E-state index in [9.17, 15) is 18.0 Å². The summed E-state index contributed by atoms with van der Waals surface area (Å²) in [6, 6.07) is 4.29. The standard InChI is InChI=1S/C20H28ClN3O6S/c1-2-29-20(26)23-12-10-22(11-13-23)19(25)15-30-18-7-6-16(14-17(18)21)31(27,28)24-8-4-3-5-9-24/h6-7,14H,2-5,8-13,15H2,1H3. The van der Waals surface area contributed by atoms with Crippen LogP contribution in [0.15, 0.2) is 23.1 Å². The maximum Gasteiger partial charge on any atom is 0.409 e.